The highest BCUT2D eigenvalue weighted by atomic mass is 16.5. The van der Waals surface area contributed by atoms with Crippen molar-refractivity contribution < 1.29 is 9.53 Å². The van der Waals surface area contributed by atoms with Crippen LogP contribution in [0.2, 0.25) is 0 Å². The molecule has 0 radical (unpaired) electrons. The van der Waals surface area contributed by atoms with Gasteiger partial charge in [0.2, 0.25) is 5.91 Å². The molecule has 2 heterocycles. The molecule has 0 saturated carbocycles. The Kier molecular flexibility index (Phi) is 5.81. The van der Waals surface area contributed by atoms with Crippen LogP contribution in [0.1, 0.15) is 24.2 Å². The number of aryl methyl sites for hydroxylation is 1. The van der Waals surface area contributed by atoms with E-state index in [0.29, 0.717) is 25.9 Å². The summed E-state index contributed by atoms with van der Waals surface area (Å²) in [5.74, 6) is 1.62. The topological polar surface area (TPSA) is 68.5 Å². The Bertz CT molecular complexity index is 1070. The van der Waals surface area contributed by atoms with Crippen molar-refractivity contribution in [2.24, 2.45) is 0 Å². The summed E-state index contributed by atoms with van der Waals surface area (Å²) in [4.78, 5) is 12.2. The molecular formula is C23H22N4O2. The molecular weight excluding hydrogens is 364 g/mol. The Morgan fingerprint density at radius 1 is 0.931 bits per heavy atom. The number of aromatic nitrogens is 3. The zero-order valence-electron chi connectivity index (χ0n) is 16.0. The largest absolute Gasteiger partial charge is 0.489 e. The molecule has 0 fully saturated rings. The number of rotatable bonds is 8. The number of fused-ring (bicyclic) bond motifs is 1. The van der Waals surface area contributed by atoms with Crippen molar-refractivity contribution in [2.75, 3.05) is 5.32 Å². The Labute approximate surface area is 169 Å². The maximum atomic E-state index is 12.2. The normalized spacial score (nSPS) is 10.8. The van der Waals surface area contributed by atoms with Crippen LogP contribution in [0.5, 0.6) is 5.75 Å². The number of pyridine rings is 1. The van der Waals surface area contributed by atoms with E-state index in [1.165, 1.54) is 0 Å². The molecule has 0 atom stereocenters. The van der Waals surface area contributed by atoms with E-state index in [0.717, 1.165) is 28.5 Å². The number of hydrogen-bond donors (Lipinski definition) is 1. The average Bonchev–Trinajstić information content (AvgIpc) is 3.17. The van der Waals surface area contributed by atoms with E-state index in [9.17, 15) is 4.79 Å². The quantitative estimate of drug-likeness (QED) is 0.491. The molecule has 0 unspecified atom stereocenters. The van der Waals surface area contributed by atoms with Gasteiger partial charge in [0, 0.05) is 24.7 Å². The van der Waals surface area contributed by atoms with Crippen LogP contribution in [0.4, 0.5) is 5.69 Å². The third kappa shape index (κ3) is 4.99. The minimum Gasteiger partial charge on any atom is -0.489 e. The molecule has 0 saturated heterocycles. The van der Waals surface area contributed by atoms with E-state index >= 15 is 0 Å². The first-order chi connectivity index (χ1) is 14.3. The van der Waals surface area contributed by atoms with E-state index in [1.807, 2.05) is 83.4 Å². The van der Waals surface area contributed by atoms with Crippen LogP contribution in [0, 0.1) is 0 Å². The van der Waals surface area contributed by atoms with Crippen molar-refractivity contribution in [3.63, 3.8) is 0 Å². The third-order valence-corrected chi connectivity index (χ3v) is 4.57. The lowest BCUT2D eigenvalue weighted by Gasteiger charge is -2.08. The summed E-state index contributed by atoms with van der Waals surface area (Å²) in [6, 6.07) is 23.2. The van der Waals surface area contributed by atoms with Crippen LogP contribution in [-0.2, 0) is 17.8 Å². The van der Waals surface area contributed by atoms with Gasteiger partial charge < -0.3 is 10.1 Å². The zero-order valence-corrected chi connectivity index (χ0v) is 16.0. The highest BCUT2D eigenvalue weighted by Crippen LogP contribution is 2.17. The van der Waals surface area contributed by atoms with Crippen LogP contribution in [0.25, 0.3) is 5.65 Å². The van der Waals surface area contributed by atoms with Gasteiger partial charge in [-0.25, -0.2) is 0 Å². The van der Waals surface area contributed by atoms with Crippen LogP contribution in [0.15, 0.2) is 79.0 Å². The Balaban J connectivity index is 1.23. The molecule has 1 N–H and O–H groups in total. The lowest BCUT2D eigenvalue weighted by atomic mass is 10.2. The maximum absolute atomic E-state index is 12.2. The fraction of sp³-hybridized carbons (Fsp3) is 0.174. The molecule has 6 nitrogen and oxygen atoms in total. The van der Waals surface area contributed by atoms with E-state index in [4.69, 9.17) is 4.74 Å². The average molecular weight is 386 g/mol. The van der Waals surface area contributed by atoms with Gasteiger partial charge >= 0.3 is 0 Å². The lowest BCUT2D eigenvalue weighted by Crippen LogP contribution is -2.11. The van der Waals surface area contributed by atoms with Gasteiger partial charge in [-0.1, -0.05) is 36.4 Å². The van der Waals surface area contributed by atoms with Gasteiger partial charge in [0.15, 0.2) is 5.65 Å². The van der Waals surface area contributed by atoms with Crippen molar-refractivity contribution in [1.82, 2.24) is 14.6 Å². The molecule has 0 aliphatic rings. The van der Waals surface area contributed by atoms with Gasteiger partial charge in [0.25, 0.3) is 0 Å². The molecule has 2 aromatic carbocycles. The molecule has 0 bridgehead atoms. The molecule has 0 aliphatic carbocycles. The number of benzene rings is 2. The standard InChI is InChI=1S/C23H22N4O2/c28-23(11-6-10-22-26-25-21-9-4-5-16-27(21)22)24-19-12-14-20(15-13-19)29-17-18-7-2-1-3-8-18/h1-5,7-9,12-16H,6,10-11,17H2,(H,24,28). The van der Waals surface area contributed by atoms with Gasteiger partial charge in [-0.05, 0) is 48.4 Å². The van der Waals surface area contributed by atoms with Gasteiger partial charge in [0.1, 0.15) is 18.2 Å². The number of hydrogen-bond acceptors (Lipinski definition) is 4. The van der Waals surface area contributed by atoms with E-state index in [1.54, 1.807) is 0 Å². The van der Waals surface area contributed by atoms with Crippen molar-refractivity contribution in [3.05, 3.63) is 90.4 Å². The summed E-state index contributed by atoms with van der Waals surface area (Å²) >= 11 is 0. The van der Waals surface area contributed by atoms with Crippen molar-refractivity contribution in [1.29, 1.82) is 0 Å². The van der Waals surface area contributed by atoms with Gasteiger partial charge in [-0.15, -0.1) is 10.2 Å². The van der Waals surface area contributed by atoms with Gasteiger partial charge in [-0.3, -0.25) is 9.20 Å². The van der Waals surface area contributed by atoms with Crippen molar-refractivity contribution in [3.8, 4) is 5.75 Å². The monoisotopic (exact) mass is 386 g/mol. The smallest absolute Gasteiger partial charge is 0.224 e. The van der Waals surface area contributed by atoms with Crippen LogP contribution < -0.4 is 10.1 Å². The fourth-order valence-corrected chi connectivity index (χ4v) is 3.07. The van der Waals surface area contributed by atoms with Crippen molar-refractivity contribution in [2.45, 2.75) is 25.9 Å². The molecule has 0 aliphatic heterocycles. The number of carbonyl (C=O) groups is 1. The summed E-state index contributed by atoms with van der Waals surface area (Å²) in [6.07, 6.45) is 3.77. The second-order valence-electron chi connectivity index (χ2n) is 6.75. The Morgan fingerprint density at radius 3 is 2.55 bits per heavy atom. The molecule has 29 heavy (non-hydrogen) atoms. The summed E-state index contributed by atoms with van der Waals surface area (Å²) in [7, 11) is 0. The molecule has 4 aromatic rings. The number of ether oxygens (including phenoxy) is 1. The number of nitrogens with zero attached hydrogens (tertiary/aromatic N) is 3. The predicted octanol–water partition coefficient (Wildman–Crippen LogP) is 4.27. The summed E-state index contributed by atoms with van der Waals surface area (Å²) in [5.41, 5.74) is 2.70. The fourth-order valence-electron chi connectivity index (χ4n) is 3.07. The summed E-state index contributed by atoms with van der Waals surface area (Å²) < 4.78 is 7.72. The molecule has 0 spiro atoms. The SMILES string of the molecule is O=C(CCCc1nnc2ccccn12)Nc1ccc(OCc2ccccc2)cc1. The van der Waals surface area contributed by atoms with Gasteiger partial charge in [-0.2, -0.15) is 0 Å². The summed E-state index contributed by atoms with van der Waals surface area (Å²) in [5, 5.41) is 11.2. The molecule has 6 heteroatoms. The van der Waals surface area contributed by atoms with Gasteiger partial charge in [0.05, 0.1) is 0 Å². The zero-order chi connectivity index (χ0) is 19.9. The first kappa shape index (κ1) is 18.7. The van der Waals surface area contributed by atoms with E-state index in [-0.39, 0.29) is 5.91 Å². The highest BCUT2D eigenvalue weighted by molar-refractivity contribution is 5.90. The first-order valence-corrected chi connectivity index (χ1v) is 9.63. The molecule has 2 aromatic heterocycles. The molecule has 146 valence electrons. The maximum Gasteiger partial charge on any atom is 0.224 e. The number of carbonyl (C=O) groups excluding carboxylic acids is 1. The molecule has 1 amide bonds. The number of amides is 1. The minimum atomic E-state index is -0.0169. The Hall–Kier alpha value is -3.67. The van der Waals surface area contributed by atoms with Crippen molar-refractivity contribution >= 4 is 17.2 Å². The second kappa shape index (κ2) is 9.01. The minimum absolute atomic E-state index is 0.0169. The molecule has 4 rings (SSSR count). The van der Waals surface area contributed by atoms with E-state index < -0.39 is 0 Å². The van der Waals surface area contributed by atoms with Crippen LogP contribution >= 0.6 is 0 Å². The number of nitrogens with one attached hydrogen (secondary N) is 1. The highest BCUT2D eigenvalue weighted by Gasteiger charge is 2.07. The predicted molar refractivity (Wildman–Crippen MR) is 112 cm³/mol. The van der Waals surface area contributed by atoms with E-state index in [2.05, 4.69) is 15.5 Å². The van der Waals surface area contributed by atoms with Crippen LogP contribution in [-0.4, -0.2) is 20.5 Å². The van der Waals surface area contributed by atoms with Crippen LogP contribution in [0.3, 0.4) is 0 Å². The lowest BCUT2D eigenvalue weighted by molar-refractivity contribution is -0.116. The first-order valence-electron chi connectivity index (χ1n) is 9.63. The number of anilines is 1. The third-order valence-electron chi connectivity index (χ3n) is 4.57. The Morgan fingerprint density at radius 2 is 1.72 bits per heavy atom. The summed E-state index contributed by atoms with van der Waals surface area (Å²) in [6.45, 7) is 0.518. The second-order valence-corrected chi connectivity index (χ2v) is 6.75.